The van der Waals surface area contributed by atoms with Crippen LogP contribution in [0.15, 0.2) is 36.5 Å². The van der Waals surface area contributed by atoms with Gasteiger partial charge in [0.25, 0.3) is 0 Å². The summed E-state index contributed by atoms with van der Waals surface area (Å²) < 4.78 is 14.1. The Morgan fingerprint density at radius 2 is 2.00 bits per heavy atom. The summed E-state index contributed by atoms with van der Waals surface area (Å²) in [7, 11) is 1.68. The second kappa shape index (κ2) is 6.21. The van der Waals surface area contributed by atoms with Crippen LogP contribution >= 0.6 is 0 Å². The van der Waals surface area contributed by atoms with Crippen LogP contribution in [0, 0.1) is 16.6 Å². The molecule has 0 aliphatic heterocycles. The Labute approximate surface area is 147 Å². The van der Waals surface area contributed by atoms with Crippen LogP contribution in [0.5, 0.6) is 0 Å². The third kappa shape index (κ3) is 2.71. The molecule has 0 spiro atoms. The zero-order valence-electron chi connectivity index (χ0n) is 15.1. The smallest absolute Gasteiger partial charge is 0.226 e. The molecule has 5 heteroatoms. The maximum atomic E-state index is 14.1. The van der Waals surface area contributed by atoms with E-state index >= 15 is 0 Å². The van der Waals surface area contributed by atoms with Crippen LogP contribution in [0.4, 0.5) is 4.39 Å². The lowest BCUT2D eigenvalue weighted by Gasteiger charge is -2.40. The van der Waals surface area contributed by atoms with E-state index in [4.69, 9.17) is 0 Å². The summed E-state index contributed by atoms with van der Waals surface area (Å²) in [6.45, 7) is 6.28. The molecule has 3 rings (SSSR count). The summed E-state index contributed by atoms with van der Waals surface area (Å²) in [6, 6.07) is 8.48. The molecule has 1 fully saturated rings. The number of amides is 1. The second-order valence-electron chi connectivity index (χ2n) is 7.58. The van der Waals surface area contributed by atoms with Crippen LogP contribution in [-0.4, -0.2) is 23.2 Å². The quantitative estimate of drug-likeness (QED) is 0.920. The van der Waals surface area contributed by atoms with E-state index in [2.05, 4.69) is 29.4 Å². The molecular weight excluding hydrogens is 317 g/mol. The first-order valence-electron chi connectivity index (χ1n) is 8.61. The molecule has 0 saturated heterocycles. The summed E-state index contributed by atoms with van der Waals surface area (Å²) >= 11 is 0. The zero-order chi connectivity index (χ0) is 18.2. The maximum absolute atomic E-state index is 14.1. The van der Waals surface area contributed by atoms with E-state index in [0.717, 1.165) is 18.4 Å². The van der Waals surface area contributed by atoms with Gasteiger partial charge in [-0.15, -0.1) is 0 Å². The molecule has 1 aromatic carbocycles. The first kappa shape index (κ1) is 17.5. The molecule has 25 heavy (non-hydrogen) atoms. The van der Waals surface area contributed by atoms with Crippen molar-refractivity contribution in [2.75, 3.05) is 7.05 Å². The second-order valence-corrected chi connectivity index (χ2v) is 7.58. The molecular formula is C20H24FN3O. The minimum Gasteiger partial charge on any atom is -0.359 e. The van der Waals surface area contributed by atoms with E-state index in [1.807, 2.05) is 13.0 Å². The number of hydrogen-bond donors (Lipinski definition) is 1. The normalized spacial score (nSPS) is 24.9. The van der Waals surface area contributed by atoms with Crippen LogP contribution in [-0.2, 0) is 4.79 Å². The number of nitrogens with zero attached hydrogens (tertiary/aromatic N) is 2. The van der Waals surface area contributed by atoms with E-state index in [9.17, 15) is 9.18 Å². The molecule has 0 radical (unpaired) electrons. The maximum Gasteiger partial charge on any atom is 0.226 e. The van der Waals surface area contributed by atoms with Crippen molar-refractivity contribution >= 4 is 5.91 Å². The Morgan fingerprint density at radius 3 is 2.68 bits per heavy atom. The monoisotopic (exact) mass is 341 g/mol. The van der Waals surface area contributed by atoms with Gasteiger partial charge >= 0.3 is 0 Å². The minimum absolute atomic E-state index is 0.0661. The van der Waals surface area contributed by atoms with Crippen molar-refractivity contribution in [2.45, 2.75) is 39.5 Å². The predicted molar refractivity (Wildman–Crippen MR) is 95.4 cm³/mol. The molecule has 1 amide bonds. The molecule has 0 unspecified atom stereocenters. The number of carbonyl (C=O) groups excluding carboxylic acids is 1. The summed E-state index contributed by atoms with van der Waals surface area (Å²) in [6.07, 6.45) is 3.44. The zero-order valence-corrected chi connectivity index (χ0v) is 15.1. The molecule has 132 valence electrons. The molecule has 2 atom stereocenters. The number of benzene rings is 1. The highest BCUT2D eigenvalue weighted by Gasteiger charge is 2.55. The van der Waals surface area contributed by atoms with Crippen LogP contribution in [0.2, 0.25) is 0 Å². The van der Waals surface area contributed by atoms with Crippen molar-refractivity contribution in [2.24, 2.45) is 10.8 Å². The Bertz CT molecular complexity index is 805. The third-order valence-electron chi connectivity index (χ3n) is 6.18. The SMILES string of the molecule is CNC(=O)[C@]1(C)CC[C@@H](c2cnnc(-c3ccccc3F)c2)C1(C)C. The van der Waals surface area contributed by atoms with Crippen LogP contribution in [0.3, 0.4) is 0 Å². The molecule has 0 bridgehead atoms. The van der Waals surface area contributed by atoms with Crippen molar-refractivity contribution in [3.8, 4) is 11.3 Å². The van der Waals surface area contributed by atoms with Crippen LogP contribution in [0.25, 0.3) is 11.3 Å². The van der Waals surface area contributed by atoms with Crippen molar-refractivity contribution in [3.05, 3.63) is 47.9 Å². The van der Waals surface area contributed by atoms with Gasteiger partial charge in [-0.1, -0.05) is 32.9 Å². The number of rotatable bonds is 3. The Hall–Kier alpha value is -2.30. The van der Waals surface area contributed by atoms with Crippen molar-refractivity contribution in [1.29, 1.82) is 0 Å². The standard InChI is InChI=1S/C20H24FN3O/c1-19(2)15(9-10-20(19,3)18(25)22-4)13-11-17(24-23-12-13)14-7-5-6-8-16(14)21/h5-8,11-12,15H,9-10H2,1-4H3,(H,22,25)/t15-,20-/m0/s1. The highest BCUT2D eigenvalue weighted by atomic mass is 19.1. The number of halogens is 1. The van der Waals surface area contributed by atoms with E-state index < -0.39 is 5.41 Å². The summed E-state index contributed by atoms with van der Waals surface area (Å²) in [5.74, 6) is -0.0815. The Morgan fingerprint density at radius 1 is 1.28 bits per heavy atom. The van der Waals surface area contributed by atoms with Crippen molar-refractivity contribution in [3.63, 3.8) is 0 Å². The molecule has 1 heterocycles. The molecule has 1 saturated carbocycles. The van der Waals surface area contributed by atoms with Gasteiger partial charge in [0, 0.05) is 12.6 Å². The third-order valence-corrected chi connectivity index (χ3v) is 6.18. The predicted octanol–water partition coefficient (Wildman–Crippen LogP) is 3.94. The first-order valence-corrected chi connectivity index (χ1v) is 8.61. The topological polar surface area (TPSA) is 54.9 Å². The lowest BCUT2D eigenvalue weighted by atomic mass is 9.64. The van der Waals surface area contributed by atoms with Gasteiger partial charge in [-0.3, -0.25) is 4.79 Å². The summed E-state index contributed by atoms with van der Waals surface area (Å²) in [4.78, 5) is 12.5. The molecule has 1 N–H and O–H groups in total. The van der Waals surface area contributed by atoms with Gasteiger partial charge in [-0.25, -0.2) is 4.39 Å². The molecule has 1 aliphatic rings. The van der Waals surface area contributed by atoms with E-state index in [1.54, 1.807) is 31.4 Å². The average molecular weight is 341 g/mol. The average Bonchev–Trinajstić information content (AvgIpc) is 2.85. The Kier molecular flexibility index (Phi) is 4.35. The summed E-state index contributed by atoms with van der Waals surface area (Å²) in [5.41, 5.74) is 1.28. The van der Waals surface area contributed by atoms with Gasteiger partial charge in [0.05, 0.1) is 17.3 Å². The number of hydrogen-bond acceptors (Lipinski definition) is 3. The van der Waals surface area contributed by atoms with Gasteiger partial charge in [-0.2, -0.15) is 10.2 Å². The van der Waals surface area contributed by atoms with Crippen LogP contribution < -0.4 is 5.32 Å². The van der Waals surface area contributed by atoms with Gasteiger partial charge in [0.15, 0.2) is 0 Å². The van der Waals surface area contributed by atoms with E-state index in [0.29, 0.717) is 11.3 Å². The number of nitrogens with one attached hydrogen (secondary N) is 1. The molecule has 1 aliphatic carbocycles. The molecule has 4 nitrogen and oxygen atoms in total. The van der Waals surface area contributed by atoms with Crippen LogP contribution in [0.1, 0.15) is 45.1 Å². The fourth-order valence-electron chi connectivity index (χ4n) is 4.14. The highest BCUT2D eigenvalue weighted by molar-refractivity contribution is 5.83. The van der Waals surface area contributed by atoms with Gasteiger partial charge < -0.3 is 5.32 Å². The van der Waals surface area contributed by atoms with Crippen molar-refractivity contribution in [1.82, 2.24) is 15.5 Å². The lowest BCUT2D eigenvalue weighted by Crippen LogP contribution is -2.45. The lowest BCUT2D eigenvalue weighted by molar-refractivity contribution is -0.134. The Balaban J connectivity index is 2.00. The fourth-order valence-corrected chi connectivity index (χ4v) is 4.14. The minimum atomic E-state index is -0.451. The number of aromatic nitrogens is 2. The first-order chi connectivity index (χ1) is 11.8. The molecule has 2 aromatic rings. The molecule has 1 aromatic heterocycles. The van der Waals surface area contributed by atoms with Gasteiger partial charge in [-0.05, 0) is 47.9 Å². The largest absolute Gasteiger partial charge is 0.359 e. The van der Waals surface area contributed by atoms with Gasteiger partial charge in [0.1, 0.15) is 5.82 Å². The number of carbonyl (C=O) groups is 1. The fraction of sp³-hybridized carbons (Fsp3) is 0.450. The van der Waals surface area contributed by atoms with E-state index in [1.165, 1.54) is 6.07 Å². The van der Waals surface area contributed by atoms with Crippen molar-refractivity contribution < 1.29 is 9.18 Å². The highest BCUT2D eigenvalue weighted by Crippen LogP contribution is 2.59. The van der Waals surface area contributed by atoms with Gasteiger partial charge in [0.2, 0.25) is 5.91 Å². The van der Waals surface area contributed by atoms with E-state index in [-0.39, 0.29) is 23.1 Å². The summed E-state index contributed by atoms with van der Waals surface area (Å²) in [5, 5.41) is 11.0.